The van der Waals surface area contributed by atoms with Crippen molar-refractivity contribution in [1.29, 1.82) is 0 Å². The van der Waals surface area contributed by atoms with E-state index in [9.17, 15) is 18.0 Å². The Labute approximate surface area is 125 Å². The molecule has 4 nitrogen and oxygen atoms in total. The molecule has 1 amide bonds. The molecule has 1 N–H and O–H groups in total. The van der Waals surface area contributed by atoms with Gasteiger partial charge in [0, 0.05) is 18.7 Å². The third-order valence-corrected chi connectivity index (χ3v) is 3.94. The molecule has 0 spiro atoms. The van der Waals surface area contributed by atoms with E-state index in [4.69, 9.17) is 0 Å². The molecule has 0 saturated carbocycles. The van der Waals surface area contributed by atoms with Crippen LogP contribution in [0.5, 0.6) is 0 Å². The maximum Gasteiger partial charge on any atom is 0.449 e. The van der Waals surface area contributed by atoms with Gasteiger partial charge in [-0.05, 0) is 37.0 Å². The Kier molecular flexibility index (Phi) is 3.58. The van der Waals surface area contributed by atoms with Crippen molar-refractivity contribution in [3.05, 3.63) is 29.6 Å². The van der Waals surface area contributed by atoms with Crippen LogP contribution in [-0.2, 0) is 6.18 Å². The number of carbonyl (C=O) groups excluding carboxylic acids is 1. The molecule has 1 aliphatic rings. The van der Waals surface area contributed by atoms with Crippen LogP contribution in [0.3, 0.4) is 0 Å². The molecule has 1 aromatic carbocycles. The van der Waals surface area contributed by atoms with Gasteiger partial charge in [0.1, 0.15) is 0 Å². The molecule has 0 radical (unpaired) electrons. The second-order valence-corrected chi connectivity index (χ2v) is 5.81. The van der Waals surface area contributed by atoms with E-state index >= 15 is 0 Å². The Hall–Kier alpha value is -2.05. The van der Waals surface area contributed by atoms with Gasteiger partial charge in [-0.2, -0.15) is 13.2 Å². The van der Waals surface area contributed by atoms with Crippen LogP contribution in [0.1, 0.15) is 35.9 Å². The Morgan fingerprint density at radius 2 is 2.18 bits per heavy atom. The second kappa shape index (κ2) is 5.30. The first kappa shape index (κ1) is 14.9. The number of aromatic amines is 1. The number of benzene rings is 1. The van der Waals surface area contributed by atoms with E-state index in [1.165, 1.54) is 18.2 Å². The third-order valence-electron chi connectivity index (χ3n) is 3.94. The van der Waals surface area contributed by atoms with Gasteiger partial charge in [-0.1, -0.05) is 6.92 Å². The lowest BCUT2D eigenvalue weighted by Crippen LogP contribution is -2.39. The normalized spacial score (nSPS) is 19.6. The molecule has 7 heteroatoms. The maximum atomic E-state index is 12.7. The number of piperidine rings is 1. The summed E-state index contributed by atoms with van der Waals surface area (Å²) in [7, 11) is 0. The number of halogens is 3. The summed E-state index contributed by atoms with van der Waals surface area (Å²) in [6.07, 6.45) is -2.47. The van der Waals surface area contributed by atoms with Crippen molar-refractivity contribution in [1.82, 2.24) is 14.9 Å². The molecule has 2 aromatic rings. The highest BCUT2D eigenvalue weighted by atomic mass is 19.4. The molecule has 118 valence electrons. The number of alkyl halides is 3. The van der Waals surface area contributed by atoms with E-state index in [-0.39, 0.29) is 16.9 Å². The molecule has 0 aliphatic carbocycles. The lowest BCUT2D eigenvalue weighted by Gasteiger charge is -2.31. The largest absolute Gasteiger partial charge is 0.449 e. The van der Waals surface area contributed by atoms with E-state index in [1.54, 1.807) is 4.90 Å². The molecule has 1 atom stereocenters. The fraction of sp³-hybridized carbons (Fsp3) is 0.467. The van der Waals surface area contributed by atoms with Crippen LogP contribution < -0.4 is 0 Å². The van der Waals surface area contributed by atoms with Crippen LogP contribution in [0.15, 0.2) is 18.2 Å². The van der Waals surface area contributed by atoms with Crippen molar-refractivity contribution in [3.8, 4) is 0 Å². The summed E-state index contributed by atoms with van der Waals surface area (Å²) in [5.74, 6) is -0.735. The summed E-state index contributed by atoms with van der Waals surface area (Å²) in [6.45, 7) is 3.47. The quantitative estimate of drug-likeness (QED) is 0.877. The van der Waals surface area contributed by atoms with E-state index < -0.39 is 12.0 Å². The second-order valence-electron chi connectivity index (χ2n) is 5.81. The van der Waals surface area contributed by atoms with Gasteiger partial charge in [-0.15, -0.1) is 0 Å². The van der Waals surface area contributed by atoms with Gasteiger partial charge in [0.25, 0.3) is 5.91 Å². The number of hydrogen-bond acceptors (Lipinski definition) is 2. The Morgan fingerprint density at radius 3 is 2.86 bits per heavy atom. The SMILES string of the molecule is CC1CCCN(C(=O)c2ccc3nc(C(F)(F)F)[nH]c3c2)C1. The molecule has 0 bridgehead atoms. The minimum atomic E-state index is -4.52. The molecular weight excluding hydrogens is 295 g/mol. The number of hydrogen-bond donors (Lipinski definition) is 1. The molecule has 3 rings (SSSR count). The van der Waals surface area contributed by atoms with E-state index in [0.29, 0.717) is 24.6 Å². The van der Waals surface area contributed by atoms with Gasteiger partial charge in [0.05, 0.1) is 11.0 Å². The van der Waals surface area contributed by atoms with Crippen LogP contribution in [0.25, 0.3) is 11.0 Å². The smallest absolute Gasteiger partial charge is 0.338 e. The first-order chi connectivity index (χ1) is 10.3. The summed E-state index contributed by atoms with van der Waals surface area (Å²) in [5.41, 5.74) is 0.818. The number of rotatable bonds is 1. The van der Waals surface area contributed by atoms with Gasteiger partial charge in [-0.3, -0.25) is 4.79 Å². The van der Waals surface area contributed by atoms with Crippen molar-refractivity contribution in [2.45, 2.75) is 25.9 Å². The van der Waals surface area contributed by atoms with Crippen molar-refractivity contribution in [2.75, 3.05) is 13.1 Å². The van der Waals surface area contributed by atoms with Crippen molar-refractivity contribution in [2.24, 2.45) is 5.92 Å². The van der Waals surface area contributed by atoms with Gasteiger partial charge in [-0.25, -0.2) is 4.98 Å². The first-order valence-electron chi connectivity index (χ1n) is 7.21. The monoisotopic (exact) mass is 311 g/mol. The van der Waals surface area contributed by atoms with Gasteiger partial charge >= 0.3 is 6.18 Å². The first-order valence-corrected chi connectivity index (χ1v) is 7.21. The molecule has 1 aliphatic heterocycles. The average molecular weight is 311 g/mol. The van der Waals surface area contributed by atoms with Crippen LogP contribution in [0, 0.1) is 5.92 Å². The lowest BCUT2D eigenvalue weighted by atomic mass is 9.99. The summed E-state index contributed by atoms with van der Waals surface area (Å²) in [5, 5.41) is 0. The maximum absolute atomic E-state index is 12.7. The van der Waals surface area contributed by atoms with Crippen LogP contribution >= 0.6 is 0 Å². The average Bonchev–Trinajstić information content (AvgIpc) is 2.89. The molecule has 1 unspecified atom stereocenters. The van der Waals surface area contributed by atoms with Gasteiger partial charge < -0.3 is 9.88 Å². The number of carbonyl (C=O) groups is 1. The molecule has 1 saturated heterocycles. The predicted molar refractivity (Wildman–Crippen MR) is 75.4 cm³/mol. The lowest BCUT2D eigenvalue weighted by molar-refractivity contribution is -0.144. The van der Waals surface area contributed by atoms with Crippen LogP contribution in [-0.4, -0.2) is 33.9 Å². The number of imidazole rings is 1. The number of H-pyrrole nitrogens is 1. The Morgan fingerprint density at radius 1 is 1.41 bits per heavy atom. The highest BCUT2D eigenvalue weighted by molar-refractivity contribution is 5.97. The molecule has 1 fully saturated rings. The minimum Gasteiger partial charge on any atom is -0.338 e. The zero-order valence-corrected chi connectivity index (χ0v) is 12.1. The predicted octanol–water partition coefficient (Wildman–Crippen LogP) is 3.45. The highest BCUT2D eigenvalue weighted by Crippen LogP contribution is 2.29. The fourth-order valence-corrected chi connectivity index (χ4v) is 2.83. The number of nitrogens with zero attached hydrogens (tertiary/aromatic N) is 2. The van der Waals surface area contributed by atoms with Crippen LogP contribution in [0.2, 0.25) is 0 Å². The van der Waals surface area contributed by atoms with Gasteiger partial charge in [0.2, 0.25) is 5.82 Å². The fourth-order valence-electron chi connectivity index (χ4n) is 2.83. The summed E-state index contributed by atoms with van der Waals surface area (Å²) >= 11 is 0. The zero-order valence-electron chi connectivity index (χ0n) is 12.1. The van der Waals surface area contributed by atoms with Crippen molar-refractivity contribution >= 4 is 16.9 Å². The molecular formula is C15H16F3N3O. The Bertz CT molecular complexity index is 708. The van der Waals surface area contributed by atoms with E-state index in [0.717, 1.165) is 12.8 Å². The summed E-state index contributed by atoms with van der Waals surface area (Å²) in [6, 6.07) is 4.42. The van der Waals surface area contributed by atoms with Crippen molar-refractivity contribution < 1.29 is 18.0 Å². The van der Waals surface area contributed by atoms with Crippen molar-refractivity contribution in [3.63, 3.8) is 0 Å². The van der Waals surface area contributed by atoms with Crippen LogP contribution in [0.4, 0.5) is 13.2 Å². The number of amides is 1. The highest BCUT2D eigenvalue weighted by Gasteiger charge is 2.34. The van der Waals surface area contributed by atoms with Gasteiger partial charge in [0.15, 0.2) is 0 Å². The number of aromatic nitrogens is 2. The van der Waals surface area contributed by atoms with E-state index in [1.807, 2.05) is 0 Å². The molecule has 22 heavy (non-hydrogen) atoms. The van der Waals surface area contributed by atoms with E-state index in [2.05, 4.69) is 16.9 Å². The zero-order chi connectivity index (χ0) is 15.9. The topological polar surface area (TPSA) is 49.0 Å². The molecule has 1 aromatic heterocycles. The number of nitrogens with one attached hydrogen (secondary N) is 1. The molecule has 2 heterocycles. The number of likely N-dealkylation sites (tertiary alicyclic amines) is 1. The standard InChI is InChI=1S/C15H16F3N3O/c1-9-3-2-6-21(8-9)13(22)10-4-5-11-12(7-10)20-14(19-11)15(16,17)18/h4-5,7,9H,2-3,6,8H2,1H3,(H,19,20). The summed E-state index contributed by atoms with van der Waals surface area (Å²) < 4.78 is 38.0. The minimum absolute atomic E-state index is 0.142. The third kappa shape index (κ3) is 2.80. The Balaban J connectivity index is 1.89. The summed E-state index contributed by atoms with van der Waals surface area (Å²) in [4.78, 5) is 20.0. The number of fused-ring (bicyclic) bond motifs is 1.